The summed E-state index contributed by atoms with van der Waals surface area (Å²) in [7, 11) is 4.87. The maximum absolute atomic E-state index is 12.9. The molecule has 0 aromatic heterocycles. The van der Waals surface area contributed by atoms with Crippen LogP contribution in [0, 0.1) is 12.8 Å². The van der Waals surface area contributed by atoms with Crippen molar-refractivity contribution in [3.05, 3.63) is 29.3 Å². The first-order chi connectivity index (χ1) is 13.2. The SMILES string of the molecule is CC[N+]1(CC(=O)Nc2c(C)cccc2C(=O)OC)CCCC(C(=O)N(C)C)C1. The number of likely N-dealkylation sites (N-methyl/N-ethyl adjacent to an activating group) is 1. The second kappa shape index (κ2) is 9.19. The molecule has 0 bridgehead atoms. The fourth-order valence-corrected chi connectivity index (χ4v) is 4.03. The molecule has 154 valence electrons. The van der Waals surface area contributed by atoms with Crippen LogP contribution >= 0.6 is 0 Å². The summed E-state index contributed by atoms with van der Waals surface area (Å²) in [5.74, 6) is -0.559. The van der Waals surface area contributed by atoms with Gasteiger partial charge in [0, 0.05) is 14.1 Å². The van der Waals surface area contributed by atoms with E-state index in [9.17, 15) is 14.4 Å². The molecule has 2 rings (SSSR count). The second-order valence-corrected chi connectivity index (χ2v) is 7.83. The van der Waals surface area contributed by atoms with E-state index in [1.807, 2.05) is 13.0 Å². The van der Waals surface area contributed by atoms with Crippen molar-refractivity contribution in [2.75, 3.05) is 52.7 Å². The zero-order chi connectivity index (χ0) is 20.9. The van der Waals surface area contributed by atoms with Crippen molar-refractivity contribution < 1.29 is 23.6 Å². The van der Waals surface area contributed by atoms with Gasteiger partial charge in [0.15, 0.2) is 6.54 Å². The standard InChI is InChI=1S/C21H31N3O4/c1-6-24(12-8-10-16(13-24)20(26)23(3)4)14-18(25)22-19-15(2)9-7-11-17(19)21(27)28-5/h7,9,11,16H,6,8,10,12-14H2,1-5H3/p+1. The molecule has 7 heteroatoms. The normalized spacial score (nSPS) is 21.7. The Hall–Kier alpha value is -2.41. The summed E-state index contributed by atoms with van der Waals surface area (Å²) < 4.78 is 5.41. The number of carbonyl (C=O) groups excluding carboxylic acids is 3. The van der Waals surface area contributed by atoms with Gasteiger partial charge in [-0.3, -0.25) is 9.59 Å². The van der Waals surface area contributed by atoms with Crippen LogP contribution in [0.2, 0.25) is 0 Å². The number of quaternary nitrogens is 1. The van der Waals surface area contributed by atoms with E-state index in [0.29, 0.717) is 22.3 Å². The first-order valence-electron chi connectivity index (χ1n) is 9.77. The third kappa shape index (κ3) is 4.90. The molecule has 1 aromatic rings. The topological polar surface area (TPSA) is 75.7 Å². The van der Waals surface area contributed by atoms with Gasteiger partial charge in [0.25, 0.3) is 5.91 Å². The van der Waals surface area contributed by atoms with Crippen LogP contribution in [0.25, 0.3) is 0 Å². The number of benzene rings is 1. The molecule has 28 heavy (non-hydrogen) atoms. The van der Waals surface area contributed by atoms with Gasteiger partial charge in [-0.25, -0.2) is 4.79 Å². The number of rotatable bonds is 6. The predicted octanol–water partition coefficient (Wildman–Crippen LogP) is 2.06. The van der Waals surface area contributed by atoms with E-state index in [1.54, 1.807) is 31.1 Å². The fraction of sp³-hybridized carbons (Fsp3) is 0.571. The van der Waals surface area contributed by atoms with Crippen LogP contribution in [0.5, 0.6) is 0 Å². The number of esters is 1. The van der Waals surface area contributed by atoms with Gasteiger partial charge in [-0.2, -0.15) is 0 Å². The number of nitrogens with one attached hydrogen (secondary N) is 1. The van der Waals surface area contributed by atoms with Crippen LogP contribution in [0.1, 0.15) is 35.7 Å². The number of carbonyl (C=O) groups is 3. The number of anilines is 1. The quantitative estimate of drug-likeness (QED) is 0.596. The lowest BCUT2D eigenvalue weighted by Crippen LogP contribution is -2.59. The molecular weight excluding hydrogens is 358 g/mol. The number of amides is 2. The summed E-state index contributed by atoms with van der Waals surface area (Å²) in [5, 5.41) is 2.92. The second-order valence-electron chi connectivity index (χ2n) is 7.83. The summed E-state index contributed by atoms with van der Waals surface area (Å²) in [5.41, 5.74) is 1.64. The van der Waals surface area contributed by atoms with Gasteiger partial charge >= 0.3 is 5.97 Å². The monoisotopic (exact) mass is 390 g/mol. The van der Waals surface area contributed by atoms with Crippen LogP contribution < -0.4 is 5.32 Å². The molecule has 1 aromatic carbocycles. The van der Waals surface area contributed by atoms with Crippen LogP contribution in [-0.4, -0.2) is 74.6 Å². The molecule has 2 unspecified atom stereocenters. The van der Waals surface area contributed by atoms with E-state index in [1.165, 1.54) is 7.11 Å². The lowest BCUT2D eigenvalue weighted by molar-refractivity contribution is -0.925. The number of hydrogen-bond donors (Lipinski definition) is 1. The Morgan fingerprint density at radius 1 is 1.29 bits per heavy atom. The Labute approximate surface area is 167 Å². The molecule has 1 saturated heterocycles. The molecule has 0 saturated carbocycles. The highest BCUT2D eigenvalue weighted by Crippen LogP contribution is 2.26. The summed E-state index contributed by atoms with van der Waals surface area (Å²) in [6.07, 6.45) is 1.78. The van der Waals surface area contributed by atoms with Crippen LogP contribution in [0.4, 0.5) is 5.69 Å². The smallest absolute Gasteiger partial charge is 0.339 e. The molecule has 2 atom stereocenters. The van der Waals surface area contributed by atoms with Gasteiger partial charge in [-0.15, -0.1) is 0 Å². The van der Waals surface area contributed by atoms with Crippen LogP contribution in [0.3, 0.4) is 0 Å². The number of ether oxygens (including phenoxy) is 1. The number of methoxy groups -OCH3 is 1. The number of aryl methyl sites for hydroxylation is 1. The van der Waals surface area contributed by atoms with Crippen molar-refractivity contribution in [3.8, 4) is 0 Å². The van der Waals surface area contributed by atoms with Gasteiger partial charge in [0.1, 0.15) is 0 Å². The Balaban J connectivity index is 2.17. The molecule has 1 heterocycles. The molecule has 0 radical (unpaired) electrons. The Morgan fingerprint density at radius 3 is 2.61 bits per heavy atom. The van der Waals surface area contributed by atoms with Gasteiger partial charge in [-0.05, 0) is 38.3 Å². The van der Waals surface area contributed by atoms with Gasteiger partial charge in [0.2, 0.25) is 5.91 Å². The molecule has 1 N–H and O–H groups in total. The van der Waals surface area contributed by atoms with Gasteiger partial charge in [0.05, 0.1) is 43.9 Å². The molecule has 2 amide bonds. The Kier molecular flexibility index (Phi) is 7.18. The number of likely N-dealkylation sites (tertiary alicyclic amines) is 1. The molecule has 1 aliphatic heterocycles. The predicted molar refractivity (Wildman–Crippen MR) is 108 cm³/mol. The number of nitrogens with zero attached hydrogens (tertiary/aromatic N) is 2. The molecular formula is C21H32N3O4+. The van der Waals surface area contributed by atoms with Crippen molar-refractivity contribution in [2.45, 2.75) is 26.7 Å². The van der Waals surface area contributed by atoms with E-state index in [-0.39, 0.29) is 24.3 Å². The minimum Gasteiger partial charge on any atom is -0.465 e. The minimum absolute atomic E-state index is 0.0550. The van der Waals surface area contributed by atoms with Crippen molar-refractivity contribution in [1.29, 1.82) is 0 Å². The highest BCUT2D eigenvalue weighted by Gasteiger charge is 2.39. The van der Waals surface area contributed by atoms with E-state index in [0.717, 1.165) is 31.5 Å². The Morgan fingerprint density at radius 2 is 2.00 bits per heavy atom. The van der Waals surface area contributed by atoms with E-state index in [4.69, 9.17) is 4.74 Å². The molecule has 1 fully saturated rings. The van der Waals surface area contributed by atoms with Crippen molar-refractivity contribution in [1.82, 2.24) is 4.90 Å². The van der Waals surface area contributed by atoms with Crippen molar-refractivity contribution in [3.63, 3.8) is 0 Å². The van der Waals surface area contributed by atoms with Crippen molar-refractivity contribution >= 4 is 23.5 Å². The summed E-state index contributed by atoms with van der Waals surface area (Å²) in [4.78, 5) is 39.0. The highest BCUT2D eigenvalue weighted by molar-refractivity contribution is 6.02. The van der Waals surface area contributed by atoms with Crippen molar-refractivity contribution in [2.24, 2.45) is 5.92 Å². The molecule has 1 aliphatic rings. The zero-order valence-corrected chi connectivity index (χ0v) is 17.6. The lowest BCUT2D eigenvalue weighted by atomic mass is 9.94. The largest absolute Gasteiger partial charge is 0.465 e. The number of hydrogen-bond acceptors (Lipinski definition) is 4. The van der Waals surface area contributed by atoms with E-state index < -0.39 is 5.97 Å². The van der Waals surface area contributed by atoms with Gasteiger partial charge < -0.3 is 19.4 Å². The zero-order valence-electron chi connectivity index (χ0n) is 17.6. The summed E-state index contributed by atoms with van der Waals surface area (Å²) in [6.45, 7) is 6.50. The molecule has 0 aliphatic carbocycles. The highest BCUT2D eigenvalue weighted by atomic mass is 16.5. The summed E-state index contributed by atoms with van der Waals surface area (Å²) >= 11 is 0. The molecule has 0 spiro atoms. The fourth-order valence-electron chi connectivity index (χ4n) is 4.03. The first-order valence-corrected chi connectivity index (χ1v) is 9.77. The van der Waals surface area contributed by atoms with Crippen LogP contribution in [-0.2, 0) is 14.3 Å². The maximum atomic E-state index is 12.9. The number of piperidine rings is 1. The average Bonchev–Trinajstić information content (AvgIpc) is 2.68. The van der Waals surface area contributed by atoms with E-state index in [2.05, 4.69) is 12.2 Å². The number of para-hydroxylation sites is 1. The minimum atomic E-state index is -0.479. The third-order valence-corrected chi connectivity index (χ3v) is 5.68. The first kappa shape index (κ1) is 21.9. The third-order valence-electron chi connectivity index (χ3n) is 5.68. The summed E-state index contributed by atoms with van der Waals surface area (Å²) in [6, 6.07) is 5.25. The lowest BCUT2D eigenvalue weighted by Gasteiger charge is -2.43. The molecule has 7 nitrogen and oxygen atoms in total. The van der Waals surface area contributed by atoms with E-state index >= 15 is 0 Å². The Bertz CT molecular complexity index is 747. The van der Waals surface area contributed by atoms with Crippen LogP contribution in [0.15, 0.2) is 18.2 Å². The average molecular weight is 391 g/mol. The van der Waals surface area contributed by atoms with Gasteiger partial charge in [-0.1, -0.05) is 12.1 Å². The maximum Gasteiger partial charge on any atom is 0.339 e.